The van der Waals surface area contributed by atoms with E-state index in [1.807, 2.05) is 0 Å². The summed E-state index contributed by atoms with van der Waals surface area (Å²) in [5, 5.41) is 11.6. The van der Waals surface area contributed by atoms with Crippen LogP contribution in [0.4, 0.5) is 0 Å². The first-order valence-electron chi connectivity index (χ1n) is 10.6. The zero-order chi connectivity index (χ0) is 21.7. The van der Waals surface area contributed by atoms with Gasteiger partial charge in [-0.2, -0.15) is 0 Å². The Morgan fingerprint density at radius 1 is 1.30 bits per heavy atom. The summed E-state index contributed by atoms with van der Waals surface area (Å²) < 4.78 is 25.5. The molecule has 2 aliphatic carbocycles. The number of aliphatic hydroxyl groups is 1. The summed E-state index contributed by atoms with van der Waals surface area (Å²) in [6.07, 6.45) is 5.72. The molecule has 0 amide bonds. The lowest BCUT2D eigenvalue weighted by atomic mass is 9.86. The molecule has 2 aliphatic rings. The van der Waals surface area contributed by atoms with E-state index in [2.05, 4.69) is 24.0 Å². The van der Waals surface area contributed by atoms with Crippen LogP contribution in [0, 0.1) is 5.92 Å². The summed E-state index contributed by atoms with van der Waals surface area (Å²) in [4.78, 5) is 17.0. The second-order valence-electron chi connectivity index (χ2n) is 9.28. The number of fused-ring (bicyclic) bond motifs is 1. The van der Waals surface area contributed by atoms with Crippen molar-refractivity contribution in [2.45, 2.75) is 75.2 Å². The van der Waals surface area contributed by atoms with Gasteiger partial charge in [0, 0.05) is 11.8 Å². The van der Waals surface area contributed by atoms with Crippen molar-refractivity contribution in [2.75, 3.05) is 5.75 Å². The zero-order valence-electron chi connectivity index (χ0n) is 17.8. The van der Waals surface area contributed by atoms with Crippen LogP contribution in [0.2, 0.25) is 0 Å². The summed E-state index contributed by atoms with van der Waals surface area (Å²) >= 11 is 0.961. The number of benzene rings is 1. The van der Waals surface area contributed by atoms with Gasteiger partial charge >= 0.3 is 0 Å². The quantitative estimate of drug-likeness (QED) is 0.662. The van der Waals surface area contributed by atoms with Gasteiger partial charge in [0.05, 0.1) is 5.69 Å². The smallest absolute Gasteiger partial charge is 0.212 e. The number of thiazole rings is 1. The van der Waals surface area contributed by atoms with E-state index in [1.54, 1.807) is 13.8 Å². The van der Waals surface area contributed by atoms with Gasteiger partial charge in [-0.1, -0.05) is 19.1 Å². The predicted octanol–water partition coefficient (Wildman–Crippen LogP) is 3.96. The molecule has 1 aromatic heterocycles. The van der Waals surface area contributed by atoms with Gasteiger partial charge in [0.1, 0.15) is 11.4 Å². The van der Waals surface area contributed by atoms with Crippen LogP contribution in [0.1, 0.15) is 73.9 Å². The molecule has 1 aromatic carbocycles. The van der Waals surface area contributed by atoms with E-state index in [9.17, 15) is 18.3 Å². The molecule has 1 heterocycles. The molecule has 30 heavy (non-hydrogen) atoms. The van der Waals surface area contributed by atoms with Crippen molar-refractivity contribution < 1.29 is 18.3 Å². The van der Waals surface area contributed by atoms with Gasteiger partial charge in [0.15, 0.2) is 5.78 Å². The lowest BCUT2D eigenvalue weighted by molar-refractivity contribution is -0.116. The maximum Gasteiger partial charge on any atom is 0.212 e. The Hall–Kier alpha value is -1.57. The molecule has 1 N–H and O–H groups in total. The monoisotopic (exact) mass is 447 g/mol. The molecule has 1 atom stereocenters. The topological polar surface area (TPSA) is 84.3 Å². The van der Waals surface area contributed by atoms with Crippen LogP contribution in [0.15, 0.2) is 21.9 Å². The fourth-order valence-electron chi connectivity index (χ4n) is 4.45. The molecule has 4 rings (SSSR count). The minimum absolute atomic E-state index is 0.0992. The average Bonchev–Trinajstić information content (AvgIpc) is 3.16. The number of nitrogens with zero attached hydrogens (tertiary/aromatic N) is 1. The van der Waals surface area contributed by atoms with Crippen molar-refractivity contribution in [3.05, 3.63) is 45.5 Å². The highest BCUT2D eigenvalue weighted by Crippen LogP contribution is 2.44. The molecular formula is C23H29NO4S2. The maximum atomic E-state index is 12.9. The summed E-state index contributed by atoms with van der Waals surface area (Å²) in [5.74, 6) is 0.244. The van der Waals surface area contributed by atoms with Crippen LogP contribution in [0.3, 0.4) is 0 Å². The van der Waals surface area contributed by atoms with Crippen molar-refractivity contribution in [3.8, 4) is 0 Å². The first-order chi connectivity index (χ1) is 14.1. The number of hydrogen-bond donors (Lipinski definition) is 1. The van der Waals surface area contributed by atoms with E-state index in [0.717, 1.165) is 36.2 Å². The Kier molecular flexibility index (Phi) is 5.66. The molecule has 162 valence electrons. The Morgan fingerprint density at radius 2 is 2.03 bits per heavy atom. The number of hydrogen-bond acceptors (Lipinski definition) is 6. The Labute approximate surface area is 182 Å². The number of carbonyl (C=O) groups excluding carboxylic acids is 1. The summed E-state index contributed by atoms with van der Waals surface area (Å²) in [5.41, 5.74) is 3.96. The lowest BCUT2D eigenvalue weighted by Gasteiger charge is -2.19. The zero-order valence-corrected chi connectivity index (χ0v) is 19.4. The molecule has 5 nitrogen and oxygen atoms in total. The molecule has 2 aromatic rings. The van der Waals surface area contributed by atoms with Gasteiger partial charge in [-0.05, 0) is 80.0 Å². The van der Waals surface area contributed by atoms with Crippen LogP contribution >= 0.6 is 11.3 Å². The number of aryl methyl sites for hydroxylation is 1. The van der Waals surface area contributed by atoms with E-state index in [1.165, 1.54) is 34.9 Å². The second kappa shape index (κ2) is 7.84. The van der Waals surface area contributed by atoms with E-state index < -0.39 is 21.2 Å². The van der Waals surface area contributed by atoms with Gasteiger partial charge < -0.3 is 5.11 Å². The SMILES string of the molecule is CC(c1ccc2c(c1CC(=O)CS(=O)(=O)c1nc(C(C)(C)O)cs1)CCC2)C1CC1. The van der Waals surface area contributed by atoms with Crippen molar-refractivity contribution in [2.24, 2.45) is 5.92 Å². The van der Waals surface area contributed by atoms with E-state index in [4.69, 9.17) is 0 Å². The van der Waals surface area contributed by atoms with E-state index in [0.29, 0.717) is 17.5 Å². The van der Waals surface area contributed by atoms with Crippen molar-refractivity contribution in [1.82, 2.24) is 4.98 Å². The molecule has 0 saturated heterocycles. The first-order valence-corrected chi connectivity index (χ1v) is 13.2. The molecule has 1 unspecified atom stereocenters. The van der Waals surface area contributed by atoms with Crippen LogP contribution < -0.4 is 0 Å². The highest BCUT2D eigenvalue weighted by atomic mass is 32.2. The van der Waals surface area contributed by atoms with Crippen LogP contribution in [0.5, 0.6) is 0 Å². The first kappa shape index (κ1) is 21.7. The molecule has 7 heteroatoms. The molecule has 0 aliphatic heterocycles. The Bertz CT molecular complexity index is 1080. The third-order valence-electron chi connectivity index (χ3n) is 6.36. The maximum absolute atomic E-state index is 12.9. The fraction of sp³-hybridized carbons (Fsp3) is 0.565. The average molecular weight is 448 g/mol. The molecule has 1 fully saturated rings. The fourth-order valence-corrected chi connectivity index (χ4v) is 6.95. The molecule has 1 saturated carbocycles. The van der Waals surface area contributed by atoms with Crippen molar-refractivity contribution in [3.63, 3.8) is 0 Å². The van der Waals surface area contributed by atoms with Gasteiger partial charge in [0.25, 0.3) is 0 Å². The molecule has 0 spiro atoms. The number of carbonyl (C=O) groups is 1. The summed E-state index contributed by atoms with van der Waals surface area (Å²) in [6.45, 7) is 5.34. The van der Waals surface area contributed by atoms with E-state index in [-0.39, 0.29) is 16.5 Å². The number of Topliss-reactive ketones (excluding diaryl/α,β-unsaturated/α-hetero) is 1. The van der Waals surface area contributed by atoms with Gasteiger partial charge in [-0.15, -0.1) is 11.3 Å². The second-order valence-corrected chi connectivity index (χ2v) is 12.3. The third kappa shape index (κ3) is 4.39. The van der Waals surface area contributed by atoms with Crippen LogP contribution in [-0.4, -0.2) is 30.0 Å². The van der Waals surface area contributed by atoms with Gasteiger partial charge in [-0.25, -0.2) is 13.4 Å². The standard InChI is InChI=1S/C23H29NO4S2/c1-14(15-7-8-15)18-10-9-16-5-4-6-19(16)20(18)11-17(25)13-30(27,28)22-24-21(12-29-22)23(2,3)26/h9-10,12,14-15,26H,4-8,11,13H2,1-3H3. The highest BCUT2D eigenvalue weighted by molar-refractivity contribution is 7.94. The van der Waals surface area contributed by atoms with Crippen LogP contribution in [-0.2, 0) is 39.5 Å². The minimum Gasteiger partial charge on any atom is -0.384 e. The van der Waals surface area contributed by atoms with Gasteiger partial charge in [0.2, 0.25) is 14.2 Å². The van der Waals surface area contributed by atoms with E-state index >= 15 is 0 Å². The normalized spacial score (nSPS) is 17.7. The number of sulfone groups is 1. The third-order valence-corrected chi connectivity index (χ3v) is 9.37. The molecular weight excluding hydrogens is 418 g/mol. The molecule has 0 bridgehead atoms. The Morgan fingerprint density at radius 3 is 2.67 bits per heavy atom. The van der Waals surface area contributed by atoms with Crippen LogP contribution in [0.25, 0.3) is 0 Å². The van der Waals surface area contributed by atoms with Crippen molar-refractivity contribution in [1.29, 1.82) is 0 Å². The lowest BCUT2D eigenvalue weighted by Crippen LogP contribution is -2.21. The van der Waals surface area contributed by atoms with Gasteiger partial charge in [-0.3, -0.25) is 4.79 Å². The largest absolute Gasteiger partial charge is 0.384 e. The summed E-state index contributed by atoms with van der Waals surface area (Å²) in [7, 11) is -3.82. The number of rotatable bonds is 8. The number of aromatic nitrogens is 1. The Balaban J connectivity index is 1.57. The van der Waals surface area contributed by atoms with Crippen molar-refractivity contribution >= 4 is 27.0 Å². The minimum atomic E-state index is -3.82. The summed E-state index contributed by atoms with van der Waals surface area (Å²) in [6, 6.07) is 4.37. The predicted molar refractivity (Wildman–Crippen MR) is 118 cm³/mol. The highest BCUT2D eigenvalue weighted by Gasteiger charge is 2.33. The molecule has 0 radical (unpaired) electrons. The number of ketones is 1.